The normalized spacial score (nSPS) is 13.4. The monoisotopic (exact) mass is 156 g/mol. The van der Waals surface area contributed by atoms with Gasteiger partial charge in [-0.2, -0.15) is 0 Å². The van der Waals surface area contributed by atoms with Crippen LogP contribution in [0.25, 0.3) is 0 Å². The molecular weight excluding hydrogens is 144 g/mol. The Morgan fingerprint density at radius 2 is 2.30 bits per heavy atom. The van der Waals surface area contributed by atoms with E-state index in [9.17, 15) is 0 Å². The van der Waals surface area contributed by atoms with Crippen molar-refractivity contribution >= 4 is 16.9 Å². The molecule has 0 rings (SSSR count). The van der Waals surface area contributed by atoms with Crippen molar-refractivity contribution in [3.8, 4) is 0 Å². The Morgan fingerprint density at radius 1 is 1.70 bits per heavy atom. The number of hydrogen-bond donors (Lipinski definition) is 1. The highest BCUT2D eigenvalue weighted by Crippen LogP contribution is 1.96. The number of nitrogens with zero attached hydrogens (tertiary/aromatic N) is 1. The zero-order chi connectivity index (χ0) is 7.98. The van der Waals surface area contributed by atoms with Crippen molar-refractivity contribution in [3.63, 3.8) is 0 Å². The minimum absolute atomic E-state index is 0.571. The molecule has 56 valence electrons. The lowest BCUT2D eigenvalue weighted by atomic mass is 10.3. The van der Waals surface area contributed by atoms with Gasteiger partial charge in [0.2, 0.25) is 0 Å². The van der Waals surface area contributed by atoms with Gasteiger partial charge in [0.25, 0.3) is 0 Å². The fraction of sp³-hybridized carbons (Fsp3) is 0.286. The molecule has 0 unspecified atom stereocenters. The van der Waals surface area contributed by atoms with E-state index < -0.39 is 0 Å². The summed E-state index contributed by atoms with van der Waals surface area (Å²) in [6.07, 6.45) is 5.31. The first-order valence-electron chi connectivity index (χ1n) is 2.87. The molecule has 0 aliphatic carbocycles. The van der Waals surface area contributed by atoms with E-state index in [1.54, 1.807) is 12.3 Å². The van der Waals surface area contributed by atoms with Gasteiger partial charge >= 0.3 is 0 Å². The molecule has 10 heavy (non-hydrogen) atoms. The predicted octanol–water partition coefficient (Wildman–Crippen LogP) is 1.75. The summed E-state index contributed by atoms with van der Waals surface area (Å²) in [5.74, 6) is 0. The maximum absolute atomic E-state index is 5.41. The third-order valence-corrected chi connectivity index (χ3v) is 1.45. The van der Waals surface area contributed by atoms with Crippen LogP contribution in [-0.4, -0.2) is 11.4 Å². The van der Waals surface area contributed by atoms with Crippen molar-refractivity contribution < 1.29 is 0 Å². The van der Waals surface area contributed by atoms with Crippen LogP contribution in [0.2, 0.25) is 0 Å². The van der Waals surface area contributed by atoms with Gasteiger partial charge < -0.3 is 5.73 Å². The van der Waals surface area contributed by atoms with Crippen LogP contribution in [0.5, 0.6) is 0 Å². The van der Waals surface area contributed by atoms with Crippen LogP contribution < -0.4 is 5.73 Å². The molecule has 0 fully saturated rings. The molecule has 0 aromatic rings. The lowest BCUT2D eigenvalue weighted by molar-refractivity contribution is 1.42. The SMILES string of the molecule is C=C/C(C)=C\N=C(N)SC. The van der Waals surface area contributed by atoms with E-state index in [-0.39, 0.29) is 0 Å². The molecule has 0 saturated heterocycles. The van der Waals surface area contributed by atoms with E-state index in [4.69, 9.17) is 5.73 Å². The standard InChI is InChI=1S/C7H12N2S/c1-4-6(2)5-9-7(8)10-3/h4-5H,1H2,2-3H3,(H2,8,9)/b6-5-. The Kier molecular flexibility index (Phi) is 4.76. The molecule has 0 aliphatic heterocycles. The maximum Gasteiger partial charge on any atom is 0.158 e. The minimum atomic E-state index is 0.571. The van der Waals surface area contributed by atoms with Crippen molar-refractivity contribution in [2.24, 2.45) is 10.7 Å². The van der Waals surface area contributed by atoms with Crippen molar-refractivity contribution in [1.29, 1.82) is 0 Å². The lowest BCUT2D eigenvalue weighted by Gasteiger charge is -1.89. The van der Waals surface area contributed by atoms with Gasteiger partial charge in [-0.1, -0.05) is 24.4 Å². The van der Waals surface area contributed by atoms with Gasteiger partial charge in [-0.05, 0) is 18.8 Å². The van der Waals surface area contributed by atoms with Crippen LogP contribution in [-0.2, 0) is 0 Å². The highest BCUT2D eigenvalue weighted by Gasteiger charge is 1.82. The van der Waals surface area contributed by atoms with Crippen molar-refractivity contribution in [2.75, 3.05) is 6.26 Å². The molecule has 0 aromatic heterocycles. The number of amidine groups is 1. The van der Waals surface area contributed by atoms with Gasteiger partial charge in [-0.3, -0.25) is 0 Å². The van der Waals surface area contributed by atoms with Crippen molar-refractivity contribution in [2.45, 2.75) is 6.92 Å². The van der Waals surface area contributed by atoms with Gasteiger partial charge in [0.15, 0.2) is 5.17 Å². The molecule has 0 radical (unpaired) electrons. The van der Waals surface area contributed by atoms with E-state index in [1.807, 2.05) is 13.2 Å². The molecule has 2 nitrogen and oxygen atoms in total. The average molecular weight is 156 g/mol. The maximum atomic E-state index is 5.41. The summed E-state index contributed by atoms with van der Waals surface area (Å²) in [7, 11) is 0. The Balaban J connectivity index is 4.03. The number of hydrogen-bond acceptors (Lipinski definition) is 2. The molecule has 0 bridgehead atoms. The van der Waals surface area contributed by atoms with Crippen molar-refractivity contribution in [1.82, 2.24) is 0 Å². The second-order valence-electron chi connectivity index (χ2n) is 1.75. The summed E-state index contributed by atoms with van der Waals surface area (Å²) in [6.45, 7) is 5.50. The number of nitrogens with two attached hydrogens (primary N) is 1. The Hall–Kier alpha value is -0.700. The largest absolute Gasteiger partial charge is 0.378 e. The van der Waals surface area contributed by atoms with E-state index in [0.717, 1.165) is 5.57 Å². The van der Waals surface area contributed by atoms with Crippen LogP contribution in [0.4, 0.5) is 0 Å². The second kappa shape index (κ2) is 5.11. The Bertz CT molecular complexity index is 170. The molecule has 0 aromatic carbocycles. The summed E-state index contributed by atoms with van der Waals surface area (Å²) < 4.78 is 0. The van der Waals surface area contributed by atoms with Gasteiger partial charge in [0.05, 0.1) is 0 Å². The molecule has 0 aliphatic rings. The summed E-state index contributed by atoms with van der Waals surface area (Å²) in [5, 5.41) is 0.571. The van der Waals surface area contributed by atoms with E-state index >= 15 is 0 Å². The molecular formula is C7H12N2S. The second-order valence-corrected chi connectivity index (χ2v) is 2.58. The number of rotatable bonds is 2. The van der Waals surface area contributed by atoms with Crippen molar-refractivity contribution in [3.05, 3.63) is 24.4 Å². The number of thioether (sulfide) groups is 1. The van der Waals surface area contributed by atoms with Gasteiger partial charge in [-0.15, -0.1) is 0 Å². The van der Waals surface area contributed by atoms with E-state index in [1.165, 1.54) is 11.8 Å². The molecule has 0 heterocycles. The van der Waals surface area contributed by atoms with Gasteiger partial charge in [0.1, 0.15) is 0 Å². The van der Waals surface area contributed by atoms with Gasteiger partial charge in [-0.25, -0.2) is 4.99 Å². The molecule has 0 amide bonds. The third kappa shape index (κ3) is 4.21. The molecule has 0 spiro atoms. The highest BCUT2D eigenvalue weighted by atomic mass is 32.2. The van der Waals surface area contributed by atoms with Crippen LogP contribution >= 0.6 is 11.8 Å². The zero-order valence-corrected chi connectivity index (χ0v) is 7.11. The smallest absolute Gasteiger partial charge is 0.158 e. The molecule has 2 N–H and O–H groups in total. The van der Waals surface area contributed by atoms with Crippen LogP contribution in [0.3, 0.4) is 0 Å². The number of allylic oxidation sites excluding steroid dienone is 2. The Labute approximate surface area is 65.9 Å². The van der Waals surface area contributed by atoms with Crippen LogP contribution in [0, 0.1) is 0 Å². The third-order valence-electron chi connectivity index (χ3n) is 0.927. The van der Waals surface area contributed by atoms with E-state index in [0.29, 0.717) is 5.17 Å². The summed E-state index contributed by atoms with van der Waals surface area (Å²) in [5.41, 5.74) is 6.42. The highest BCUT2D eigenvalue weighted by molar-refractivity contribution is 8.13. The predicted molar refractivity (Wildman–Crippen MR) is 49.1 cm³/mol. The average Bonchev–Trinajstić information content (AvgIpc) is 1.99. The van der Waals surface area contributed by atoms with Crippen LogP contribution in [0.15, 0.2) is 29.4 Å². The first-order chi connectivity index (χ1) is 4.70. The molecule has 3 heteroatoms. The Morgan fingerprint density at radius 3 is 2.70 bits per heavy atom. The first kappa shape index (κ1) is 9.30. The summed E-state index contributed by atoms with van der Waals surface area (Å²) in [4.78, 5) is 3.94. The quantitative estimate of drug-likeness (QED) is 0.376. The fourth-order valence-corrected chi connectivity index (χ4v) is 0.429. The lowest BCUT2D eigenvalue weighted by Crippen LogP contribution is -2.03. The summed E-state index contributed by atoms with van der Waals surface area (Å²) in [6, 6.07) is 0. The molecule has 0 saturated carbocycles. The first-order valence-corrected chi connectivity index (χ1v) is 4.09. The van der Waals surface area contributed by atoms with Gasteiger partial charge in [0, 0.05) is 6.20 Å². The summed E-state index contributed by atoms with van der Waals surface area (Å²) >= 11 is 1.43. The van der Waals surface area contributed by atoms with Crippen LogP contribution in [0.1, 0.15) is 6.92 Å². The van der Waals surface area contributed by atoms with E-state index in [2.05, 4.69) is 11.6 Å². The molecule has 0 atom stereocenters. The minimum Gasteiger partial charge on any atom is -0.378 e. The fourth-order valence-electron chi connectivity index (χ4n) is 0.271. The topological polar surface area (TPSA) is 38.4 Å². The zero-order valence-electron chi connectivity index (χ0n) is 6.29. The number of aliphatic imine (C=N–C) groups is 1.